The zero-order valence-corrected chi connectivity index (χ0v) is 15.9. The molecule has 1 atom stereocenters. The van der Waals surface area contributed by atoms with Crippen LogP contribution in [-0.2, 0) is 9.53 Å². The van der Waals surface area contributed by atoms with Gasteiger partial charge in [-0.15, -0.1) is 11.3 Å². The zero-order chi connectivity index (χ0) is 18.8. The van der Waals surface area contributed by atoms with Crippen molar-refractivity contribution >= 4 is 29.0 Å². The van der Waals surface area contributed by atoms with Crippen LogP contribution in [0.2, 0.25) is 0 Å². The standard InChI is InChI=1S/C19H22N2O4S/c1-11-17(13(3)22)12(2)20-18(11)19(24)25-10-16(23)21-8-4-6-14(21)15-7-5-9-26-15/h5,7,9,14,20H,4,6,8,10H2,1-3H3. The summed E-state index contributed by atoms with van der Waals surface area (Å²) in [7, 11) is 0. The maximum absolute atomic E-state index is 12.5. The summed E-state index contributed by atoms with van der Waals surface area (Å²) in [6.07, 6.45) is 1.87. The highest BCUT2D eigenvalue weighted by atomic mass is 32.1. The van der Waals surface area contributed by atoms with Gasteiger partial charge in [0, 0.05) is 22.7 Å². The molecule has 1 aliphatic heterocycles. The number of esters is 1. The van der Waals surface area contributed by atoms with Crippen LogP contribution in [0.1, 0.15) is 62.8 Å². The van der Waals surface area contributed by atoms with E-state index in [9.17, 15) is 14.4 Å². The van der Waals surface area contributed by atoms with Gasteiger partial charge in [0.25, 0.3) is 5.91 Å². The van der Waals surface area contributed by atoms with E-state index in [2.05, 4.69) is 4.98 Å². The van der Waals surface area contributed by atoms with Gasteiger partial charge in [-0.2, -0.15) is 0 Å². The maximum atomic E-state index is 12.5. The van der Waals surface area contributed by atoms with Crippen molar-refractivity contribution in [1.82, 2.24) is 9.88 Å². The monoisotopic (exact) mass is 374 g/mol. The number of aromatic amines is 1. The average molecular weight is 374 g/mol. The Balaban J connectivity index is 1.65. The smallest absolute Gasteiger partial charge is 0.355 e. The van der Waals surface area contributed by atoms with Crippen LogP contribution in [0.15, 0.2) is 17.5 Å². The summed E-state index contributed by atoms with van der Waals surface area (Å²) in [5.41, 5.74) is 1.92. The van der Waals surface area contributed by atoms with E-state index >= 15 is 0 Å². The van der Waals surface area contributed by atoms with Crippen molar-refractivity contribution < 1.29 is 19.1 Å². The number of ether oxygens (including phenoxy) is 1. The highest BCUT2D eigenvalue weighted by Gasteiger charge is 2.31. The Kier molecular flexibility index (Phi) is 5.27. The number of hydrogen-bond acceptors (Lipinski definition) is 5. The fourth-order valence-corrected chi connectivity index (χ4v) is 4.48. The molecule has 1 aliphatic rings. The van der Waals surface area contributed by atoms with Gasteiger partial charge in [-0.3, -0.25) is 9.59 Å². The molecule has 2 aromatic heterocycles. The zero-order valence-electron chi connectivity index (χ0n) is 15.1. The van der Waals surface area contributed by atoms with Gasteiger partial charge in [-0.25, -0.2) is 4.79 Å². The van der Waals surface area contributed by atoms with Gasteiger partial charge in [0.1, 0.15) is 5.69 Å². The molecule has 0 aliphatic carbocycles. The topological polar surface area (TPSA) is 79.5 Å². The molecule has 0 spiro atoms. The van der Waals surface area contributed by atoms with Crippen LogP contribution in [0.3, 0.4) is 0 Å². The van der Waals surface area contributed by atoms with E-state index in [4.69, 9.17) is 4.74 Å². The minimum absolute atomic E-state index is 0.0694. The fourth-order valence-electron chi connectivity index (χ4n) is 3.61. The lowest BCUT2D eigenvalue weighted by Crippen LogP contribution is -2.34. The van der Waals surface area contributed by atoms with E-state index in [0.29, 0.717) is 23.4 Å². The number of ketones is 1. The number of aryl methyl sites for hydroxylation is 1. The van der Waals surface area contributed by atoms with Crippen molar-refractivity contribution in [2.24, 2.45) is 0 Å². The first-order valence-corrected chi connectivity index (χ1v) is 9.48. The molecule has 3 heterocycles. The molecule has 3 rings (SSSR count). The number of likely N-dealkylation sites (tertiary alicyclic amines) is 1. The summed E-state index contributed by atoms with van der Waals surface area (Å²) in [4.78, 5) is 42.4. The van der Waals surface area contributed by atoms with Gasteiger partial charge >= 0.3 is 5.97 Å². The number of thiophene rings is 1. The Morgan fingerprint density at radius 1 is 1.35 bits per heavy atom. The van der Waals surface area contributed by atoms with Gasteiger partial charge < -0.3 is 14.6 Å². The number of nitrogens with one attached hydrogen (secondary N) is 1. The van der Waals surface area contributed by atoms with Crippen LogP contribution in [0.25, 0.3) is 0 Å². The first-order chi connectivity index (χ1) is 12.4. The van der Waals surface area contributed by atoms with Crippen LogP contribution in [-0.4, -0.2) is 40.7 Å². The summed E-state index contributed by atoms with van der Waals surface area (Å²) in [5.74, 6) is -0.914. The second-order valence-corrected chi connectivity index (χ2v) is 7.50. The highest BCUT2D eigenvalue weighted by Crippen LogP contribution is 2.34. The van der Waals surface area contributed by atoms with E-state index in [1.807, 2.05) is 17.5 Å². The van der Waals surface area contributed by atoms with Crippen molar-refractivity contribution in [2.75, 3.05) is 13.2 Å². The molecule has 1 saturated heterocycles. The van der Waals surface area contributed by atoms with Crippen LogP contribution >= 0.6 is 11.3 Å². The molecule has 0 aromatic carbocycles. The normalized spacial score (nSPS) is 16.7. The van der Waals surface area contributed by atoms with Crippen molar-refractivity contribution in [3.63, 3.8) is 0 Å². The third-order valence-corrected chi connectivity index (χ3v) is 5.74. The molecule has 1 unspecified atom stereocenters. The number of nitrogens with zero attached hydrogens (tertiary/aromatic N) is 1. The SMILES string of the molecule is CC(=O)c1c(C)[nH]c(C(=O)OCC(=O)N2CCCC2c2cccs2)c1C. The Hall–Kier alpha value is -2.41. The molecule has 2 aromatic rings. The minimum atomic E-state index is -0.613. The average Bonchev–Trinajstić information content (AvgIpc) is 3.31. The quantitative estimate of drug-likeness (QED) is 0.642. The molecule has 1 N–H and O–H groups in total. The second kappa shape index (κ2) is 7.45. The predicted molar refractivity (Wildman–Crippen MR) is 98.6 cm³/mol. The van der Waals surface area contributed by atoms with Crippen LogP contribution in [0.5, 0.6) is 0 Å². The molecular weight excluding hydrogens is 352 g/mol. The molecule has 138 valence electrons. The van der Waals surface area contributed by atoms with Crippen molar-refractivity contribution in [3.05, 3.63) is 44.9 Å². The van der Waals surface area contributed by atoms with Crippen LogP contribution in [0.4, 0.5) is 0 Å². The number of Topliss-reactive ketones (excluding diaryl/α,β-unsaturated/α-hetero) is 1. The summed E-state index contributed by atoms with van der Waals surface area (Å²) < 4.78 is 5.23. The molecule has 0 bridgehead atoms. The Morgan fingerprint density at radius 3 is 2.73 bits per heavy atom. The second-order valence-electron chi connectivity index (χ2n) is 6.52. The molecular formula is C19H22N2O4S. The number of carbonyl (C=O) groups is 3. The van der Waals surface area contributed by atoms with E-state index in [1.165, 1.54) is 6.92 Å². The van der Waals surface area contributed by atoms with E-state index < -0.39 is 5.97 Å². The molecule has 1 amide bonds. The molecule has 1 fully saturated rings. The number of carbonyl (C=O) groups excluding carboxylic acids is 3. The third-order valence-electron chi connectivity index (χ3n) is 4.77. The summed E-state index contributed by atoms with van der Waals surface area (Å²) >= 11 is 1.63. The van der Waals surface area contributed by atoms with Crippen molar-refractivity contribution in [3.8, 4) is 0 Å². The summed E-state index contributed by atoms with van der Waals surface area (Å²) in [5, 5.41) is 2.00. The van der Waals surface area contributed by atoms with Gasteiger partial charge in [0.05, 0.1) is 6.04 Å². The van der Waals surface area contributed by atoms with E-state index in [1.54, 1.807) is 30.1 Å². The predicted octanol–water partition coefficient (Wildman–Crippen LogP) is 3.42. The lowest BCUT2D eigenvalue weighted by Gasteiger charge is -2.23. The van der Waals surface area contributed by atoms with Crippen LogP contribution in [0, 0.1) is 13.8 Å². The van der Waals surface area contributed by atoms with Gasteiger partial charge in [-0.05, 0) is 50.6 Å². The number of rotatable bonds is 5. The van der Waals surface area contributed by atoms with Gasteiger partial charge in [0.15, 0.2) is 12.4 Å². The Bertz CT molecular complexity index is 838. The largest absolute Gasteiger partial charge is 0.451 e. The summed E-state index contributed by atoms with van der Waals surface area (Å²) in [6.45, 7) is 5.27. The first-order valence-electron chi connectivity index (χ1n) is 8.60. The molecule has 7 heteroatoms. The van der Waals surface area contributed by atoms with Crippen molar-refractivity contribution in [2.45, 2.75) is 39.7 Å². The molecule has 0 radical (unpaired) electrons. The number of amides is 1. The highest BCUT2D eigenvalue weighted by molar-refractivity contribution is 7.10. The Labute approximate surface area is 156 Å². The number of H-pyrrole nitrogens is 1. The molecule has 0 saturated carbocycles. The lowest BCUT2D eigenvalue weighted by molar-refractivity contribution is -0.135. The van der Waals surface area contributed by atoms with E-state index in [-0.39, 0.29) is 30.0 Å². The van der Waals surface area contributed by atoms with Crippen LogP contribution < -0.4 is 0 Å². The van der Waals surface area contributed by atoms with Gasteiger partial charge in [0.2, 0.25) is 0 Å². The van der Waals surface area contributed by atoms with E-state index in [0.717, 1.165) is 17.7 Å². The Morgan fingerprint density at radius 2 is 2.12 bits per heavy atom. The fraction of sp³-hybridized carbons (Fsp3) is 0.421. The number of aromatic nitrogens is 1. The van der Waals surface area contributed by atoms with Crippen molar-refractivity contribution in [1.29, 1.82) is 0 Å². The lowest BCUT2D eigenvalue weighted by atomic mass is 10.1. The maximum Gasteiger partial charge on any atom is 0.355 e. The first kappa shape index (κ1) is 18.4. The van der Waals surface area contributed by atoms with Gasteiger partial charge in [-0.1, -0.05) is 6.07 Å². The number of hydrogen-bond donors (Lipinski definition) is 1. The third kappa shape index (κ3) is 3.44. The summed E-state index contributed by atoms with van der Waals surface area (Å²) in [6, 6.07) is 4.07. The molecule has 6 nitrogen and oxygen atoms in total. The molecule has 26 heavy (non-hydrogen) atoms. The minimum Gasteiger partial charge on any atom is -0.451 e.